The van der Waals surface area contributed by atoms with E-state index in [1.807, 2.05) is 48.8 Å². The van der Waals surface area contributed by atoms with Crippen molar-refractivity contribution in [3.8, 4) is 0 Å². The Morgan fingerprint density at radius 1 is 1.25 bits per heavy atom. The Balaban J connectivity index is 1.54. The molecule has 0 spiro atoms. The maximum absolute atomic E-state index is 12.0. The van der Waals surface area contributed by atoms with Gasteiger partial charge in [-0.2, -0.15) is 0 Å². The third-order valence-electron chi connectivity index (χ3n) is 5.69. The zero-order valence-corrected chi connectivity index (χ0v) is 19.5. The van der Waals surface area contributed by atoms with E-state index < -0.39 is 0 Å². The number of aromatic nitrogens is 1. The predicted molar refractivity (Wildman–Crippen MR) is 131 cm³/mol. The highest BCUT2D eigenvalue weighted by molar-refractivity contribution is 7.09. The van der Waals surface area contributed by atoms with Gasteiger partial charge in [-0.15, -0.1) is 11.3 Å². The fourth-order valence-corrected chi connectivity index (χ4v) is 4.95. The summed E-state index contributed by atoms with van der Waals surface area (Å²) in [5.74, 6) is -0.000854. The van der Waals surface area contributed by atoms with Crippen molar-refractivity contribution in [2.75, 3.05) is 30.7 Å². The number of carbonyl (C=O) groups excluding carboxylic acids is 1. The zero-order valence-electron chi connectivity index (χ0n) is 18.0. The summed E-state index contributed by atoms with van der Waals surface area (Å²) in [4.78, 5) is 18.3. The minimum absolute atomic E-state index is 0.000854. The van der Waals surface area contributed by atoms with Crippen molar-refractivity contribution in [2.45, 2.75) is 31.7 Å². The van der Waals surface area contributed by atoms with Crippen LogP contribution in [0.2, 0.25) is 5.02 Å². The fraction of sp³-hybridized carbons (Fsp3) is 0.333. The Morgan fingerprint density at radius 3 is 2.62 bits per heavy atom. The molecule has 2 aromatic carbocycles. The molecule has 8 heteroatoms. The van der Waals surface area contributed by atoms with Crippen LogP contribution in [0.4, 0.5) is 16.2 Å². The first-order valence-electron chi connectivity index (χ1n) is 10.8. The number of hydrogen-bond donors (Lipinski definition) is 2. The number of halogens is 1. The molecular weight excluding hydrogens is 444 g/mol. The van der Waals surface area contributed by atoms with Crippen LogP contribution in [0.3, 0.4) is 0 Å². The number of rotatable bonds is 6. The Morgan fingerprint density at radius 2 is 1.97 bits per heavy atom. The second-order valence-corrected chi connectivity index (χ2v) is 9.17. The summed E-state index contributed by atoms with van der Waals surface area (Å²) < 4.78 is 5.11. The lowest BCUT2D eigenvalue weighted by atomic mass is 9.91. The molecule has 4 rings (SSSR count). The van der Waals surface area contributed by atoms with Gasteiger partial charge in [-0.3, -0.25) is 0 Å². The molecule has 0 aliphatic carbocycles. The normalized spacial score (nSPS) is 15.4. The van der Waals surface area contributed by atoms with Crippen molar-refractivity contribution in [3.05, 3.63) is 75.2 Å². The van der Waals surface area contributed by atoms with Gasteiger partial charge in [0.1, 0.15) is 5.01 Å². The van der Waals surface area contributed by atoms with Crippen molar-refractivity contribution in [3.63, 3.8) is 0 Å². The Kier molecular flexibility index (Phi) is 7.17. The number of hydrogen-bond acceptors (Lipinski definition) is 6. The van der Waals surface area contributed by atoms with Crippen molar-refractivity contribution < 1.29 is 9.53 Å². The van der Waals surface area contributed by atoms with Crippen LogP contribution in [0.15, 0.2) is 54.0 Å². The summed E-state index contributed by atoms with van der Waals surface area (Å²) >= 11 is 7.75. The molecule has 1 unspecified atom stereocenters. The molecule has 3 N–H and O–H groups in total. The first kappa shape index (κ1) is 22.4. The summed E-state index contributed by atoms with van der Waals surface area (Å²) in [7, 11) is 0. The Hall–Kier alpha value is -2.77. The van der Waals surface area contributed by atoms with E-state index in [0.29, 0.717) is 30.4 Å². The summed E-state index contributed by atoms with van der Waals surface area (Å²) in [6.45, 7) is 3.56. The van der Waals surface area contributed by atoms with Crippen LogP contribution in [0.25, 0.3) is 0 Å². The average Bonchev–Trinajstić information content (AvgIpc) is 3.32. The molecule has 6 nitrogen and oxygen atoms in total. The molecule has 32 heavy (non-hydrogen) atoms. The Bertz CT molecular complexity index is 1030. The van der Waals surface area contributed by atoms with E-state index >= 15 is 0 Å². The molecule has 1 aliphatic rings. The zero-order chi connectivity index (χ0) is 22.5. The molecule has 0 saturated carbocycles. The summed E-state index contributed by atoms with van der Waals surface area (Å²) in [6, 6.07) is 14.3. The van der Waals surface area contributed by atoms with E-state index in [1.54, 1.807) is 16.2 Å². The minimum Gasteiger partial charge on any atom is -0.450 e. The van der Waals surface area contributed by atoms with Crippen molar-refractivity contribution >= 4 is 40.4 Å². The van der Waals surface area contributed by atoms with E-state index in [0.717, 1.165) is 34.7 Å². The maximum atomic E-state index is 12.0. The van der Waals surface area contributed by atoms with Crippen molar-refractivity contribution in [1.29, 1.82) is 0 Å². The molecule has 3 aromatic rings. The van der Waals surface area contributed by atoms with E-state index in [-0.39, 0.29) is 18.1 Å². The number of ether oxygens (including phenoxy) is 1. The number of thiazole rings is 1. The van der Waals surface area contributed by atoms with Gasteiger partial charge in [0.15, 0.2) is 0 Å². The van der Waals surface area contributed by atoms with Gasteiger partial charge >= 0.3 is 6.09 Å². The lowest BCUT2D eigenvalue weighted by Gasteiger charge is -2.32. The number of amides is 1. The van der Waals surface area contributed by atoms with Crippen LogP contribution in [0, 0.1) is 0 Å². The van der Waals surface area contributed by atoms with E-state index in [1.165, 1.54) is 0 Å². The standard InChI is InChI=1S/C24H27ClN4O2S/c1-2-31-24(30)29-12-9-19(10-13-29)28-21-15-17(5-8-20(21)26)22(23-27-11-14-32-23)16-3-6-18(25)7-4-16/h3-8,11,14-15,19,22,28H,2,9-10,12-13,26H2,1H3. The molecule has 1 amide bonds. The van der Waals surface area contributed by atoms with Gasteiger partial charge in [0.2, 0.25) is 0 Å². The van der Waals surface area contributed by atoms with Gasteiger partial charge in [-0.1, -0.05) is 29.8 Å². The van der Waals surface area contributed by atoms with E-state index in [9.17, 15) is 4.79 Å². The van der Waals surface area contributed by atoms with Crippen LogP contribution >= 0.6 is 22.9 Å². The lowest BCUT2D eigenvalue weighted by Crippen LogP contribution is -2.42. The van der Waals surface area contributed by atoms with Gasteiger partial charge in [-0.25, -0.2) is 9.78 Å². The molecule has 1 atom stereocenters. The van der Waals surface area contributed by atoms with Gasteiger partial charge < -0.3 is 20.7 Å². The monoisotopic (exact) mass is 470 g/mol. The molecule has 1 aliphatic heterocycles. The number of piperidine rings is 1. The third kappa shape index (κ3) is 5.16. The van der Waals surface area contributed by atoms with E-state index in [2.05, 4.69) is 22.4 Å². The largest absolute Gasteiger partial charge is 0.450 e. The van der Waals surface area contributed by atoms with Crippen LogP contribution in [0.5, 0.6) is 0 Å². The van der Waals surface area contributed by atoms with Gasteiger partial charge in [0.25, 0.3) is 0 Å². The van der Waals surface area contributed by atoms with Gasteiger partial charge in [0, 0.05) is 35.7 Å². The second-order valence-electron chi connectivity index (χ2n) is 7.81. The number of benzene rings is 2. The van der Waals surface area contributed by atoms with Crippen LogP contribution in [-0.4, -0.2) is 41.7 Å². The number of nitrogen functional groups attached to an aromatic ring is 1. The molecular formula is C24H27ClN4O2S. The number of likely N-dealkylation sites (tertiary alicyclic amines) is 1. The topological polar surface area (TPSA) is 80.5 Å². The molecule has 0 bridgehead atoms. The van der Waals surface area contributed by atoms with Gasteiger partial charge in [-0.05, 0) is 55.2 Å². The van der Waals surface area contributed by atoms with E-state index in [4.69, 9.17) is 22.1 Å². The average molecular weight is 471 g/mol. The lowest BCUT2D eigenvalue weighted by molar-refractivity contribution is 0.0983. The highest BCUT2D eigenvalue weighted by Crippen LogP contribution is 2.36. The SMILES string of the molecule is CCOC(=O)N1CCC(Nc2cc(C(c3ccc(Cl)cc3)c3nccs3)ccc2N)CC1. The molecule has 1 aromatic heterocycles. The predicted octanol–water partition coefficient (Wildman–Crippen LogP) is 5.59. The molecule has 1 fully saturated rings. The summed E-state index contributed by atoms with van der Waals surface area (Å²) in [6.07, 6.45) is 3.28. The molecule has 0 radical (unpaired) electrons. The van der Waals surface area contributed by atoms with Gasteiger partial charge in [0.05, 0.1) is 23.9 Å². The summed E-state index contributed by atoms with van der Waals surface area (Å²) in [5, 5.41) is 7.32. The minimum atomic E-state index is -0.235. The molecule has 2 heterocycles. The summed E-state index contributed by atoms with van der Waals surface area (Å²) in [5.41, 5.74) is 10.2. The fourth-order valence-electron chi connectivity index (χ4n) is 4.03. The number of nitrogens with one attached hydrogen (secondary N) is 1. The number of nitrogens with zero attached hydrogens (tertiary/aromatic N) is 2. The smallest absolute Gasteiger partial charge is 0.409 e. The quantitative estimate of drug-likeness (QED) is 0.459. The first-order chi connectivity index (χ1) is 15.5. The van der Waals surface area contributed by atoms with Crippen molar-refractivity contribution in [1.82, 2.24) is 9.88 Å². The highest BCUT2D eigenvalue weighted by atomic mass is 35.5. The van der Waals surface area contributed by atoms with Crippen LogP contribution in [-0.2, 0) is 4.74 Å². The molecule has 168 valence electrons. The maximum Gasteiger partial charge on any atom is 0.409 e. The second kappa shape index (κ2) is 10.2. The third-order valence-corrected chi connectivity index (χ3v) is 6.79. The van der Waals surface area contributed by atoms with Crippen LogP contribution < -0.4 is 11.1 Å². The Labute approximate surface area is 197 Å². The highest BCUT2D eigenvalue weighted by Gasteiger charge is 2.25. The number of nitrogens with two attached hydrogens (primary N) is 1. The molecule has 1 saturated heterocycles. The number of carbonyl (C=O) groups is 1. The van der Waals surface area contributed by atoms with Crippen molar-refractivity contribution in [2.24, 2.45) is 0 Å². The first-order valence-corrected chi connectivity index (χ1v) is 12.0. The number of anilines is 2. The van der Waals surface area contributed by atoms with Crippen LogP contribution in [0.1, 0.15) is 41.8 Å².